The highest BCUT2D eigenvalue weighted by atomic mass is 32.1. The van der Waals surface area contributed by atoms with Crippen LogP contribution in [0.25, 0.3) is 0 Å². The molecular formula is C18H20N2O3S. The van der Waals surface area contributed by atoms with Gasteiger partial charge in [-0.15, -0.1) is 0 Å². The third-order valence-corrected chi connectivity index (χ3v) is 3.98. The number of hydrogen-bond acceptors (Lipinski definition) is 4. The molecule has 0 atom stereocenters. The lowest BCUT2D eigenvalue weighted by molar-refractivity contribution is 0.174. The van der Waals surface area contributed by atoms with Gasteiger partial charge >= 0.3 is 0 Å². The van der Waals surface area contributed by atoms with Gasteiger partial charge in [0.2, 0.25) is 6.79 Å². The van der Waals surface area contributed by atoms with Crippen LogP contribution in [0.1, 0.15) is 12.0 Å². The van der Waals surface area contributed by atoms with E-state index in [4.69, 9.17) is 26.4 Å². The first-order valence-corrected chi connectivity index (χ1v) is 8.23. The zero-order valence-corrected chi connectivity index (χ0v) is 14.3. The number of hydrogen-bond donors (Lipinski definition) is 2. The molecule has 2 N–H and O–H groups in total. The monoisotopic (exact) mass is 344 g/mol. The van der Waals surface area contributed by atoms with E-state index in [9.17, 15) is 0 Å². The number of ether oxygens (including phenoxy) is 3. The summed E-state index contributed by atoms with van der Waals surface area (Å²) >= 11 is 5.32. The van der Waals surface area contributed by atoms with Crippen molar-refractivity contribution in [2.24, 2.45) is 0 Å². The normalized spacial score (nSPS) is 11.9. The molecule has 0 bridgehead atoms. The molecule has 0 aromatic heterocycles. The first-order valence-electron chi connectivity index (χ1n) is 7.82. The van der Waals surface area contributed by atoms with E-state index in [0.717, 1.165) is 42.3 Å². The minimum absolute atomic E-state index is 0.268. The molecule has 2 aromatic carbocycles. The Morgan fingerprint density at radius 3 is 2.88 bits per heavy atom. The SMILES string of the molecule is COc1ccccc1CCCNC(=S)Nc1ccc2c(c1)OCO2. The van der Waals surface area contributed by atoms with E-state index in [1.807, 2.05) is 36.4 Å². The van der Waals surface area contributed by atoms with Crippen molar-refractivity contribution in [3.8, 4) is 17.2 Å². The summed E-state index contributed by atoms with van der Waals surface area (Å²) in [7, 11) is 1.70. The van der Waals surface area contributed by atoms with Crippen molar-refractivity contribution < 1.29 is 14.2 Å². The van der Waals surface area contributed by atoms with E-state index >= 15 is 0 Å². The molecule has 126 valence electrons. The van der Waals surface area contributed by atoms with Crippen LogP contribution < -0.4 is 24.8 Å². The van der Waals surface area contributed by atoms with Gasteiger partial charge < -0.3 is 24.8 Å². The Kier molecular flexibility index (Phi) is 5.38. The quantitative estimate of drug-likeness (QED) is 0.619. The van der Waals surface area contributed by atoms with Gasteiger partial charge in [-0.3, -0.25) is 0 Å². The Morgan fingerprint density at radius 1 is 1.17 bits per heavy atom. The second kappa shape index (κ2) is 7.88. The van der Waals surface area contributed by atoms with Crippen molar-refractivity contribution >= 4 is 23.0 Å². The predicted octanol–water partition coefficient (Wildman–Crippen LogP) is 3.34. The molecule has 2 aromatic rings. The lowest BCUT2D eigenvalue weighted by Crippen LogP contribution is -2.29. The Labute approximate surface area is 146 Å². The van der Waals surface area contributed by atoms with Crippen molar-refractivity contribution in [1.29, 1.82) is 0 Å². The molecule has 0 unspecified atom stereocenters. The average molecular weight is 344 g/mol. The molecular weight excluding hydrogens is 324 g/mol. The summed E-state index contributed by atoms with van der Waals surface area (Å²) in [4.78, 5) is 0. The molecule has 0 spiro atoms. The second-order valence-corrected chi connectivity index (χ2v) is 5.77. The summed E-state index contributed by atoms with van der Waals surface area (Å²) in [5.41, 5.74) is 2.08. The second-order valence-electron chi connectivity index (χ2n) is 5.36. The van der Waals surface area contributed by atoms with Crippen LogP contribution in [0.15, 0.2) is 42.5 Å². The summed E-state index contributed by atoms with van der Waals surface area (Å²) in [5, 5.41) is 6.96. The number of para-hydroxylation sites is 1. The van der Waals surface area contributed by atoms with Crippen LogP contribution in [0.2, 0.25) is 0 Å². The Hall–Kier alpha value is -2.47. The average Bonchev–Trinajstić information content (AvgIpc) is 3.07. The first kappa shape index (κ1) is 16.4. The summed E-state index contributed by atoms with van der Waals surface area (Å²) in [6.45, 7) is 1.05. The standard InChI is InChI=1S/C18H20N2O3S/c1-21-15-7-3-2-5-13(15)6-4-10-19-18(24)20-14-8-9-16-17(11-14)23-12-22-16/h2-3,5,7-9,11H,4,6,10,12H2,1H3,(H2,19,20,24). The van der Waals surface area contributed by atoms with Gasteiger partial charge in [-0.1, -0.05) is 18.2 Å². The lowest BCUT2D eigenvalue weighted by Gasteiger charge is -2.12. The Bertz CT molecular complexity index is 721. The third-order valence-electron chi connectivity index (χ3n) is 3.73. The topological polar surface area (TPSA) is 51.8 Å². The zero-order valence-electron chi connectivity index (χ0n) is 13.5. The number of anilines is 1. The molecule has 5 nitrogen and oxygen atoms in total. The summed E-state index contributed by atoms with van der Waals surface area (Å²) in [6, 6.07) is 13.7. The molecule has 0 amide bonds. The number of thiocarbonyl (C=S) groups is 1. The zero-order chi connectivity index (χ0) is 16.8. The molecule has 0 fully saturated rings. The Balaban J connectivity index is 1.43. The van der Waals surface area contributed by atoms with Gasteiger partial charge in [0.15, 0.2) is 16.6 Å². The summed E-state index contributed by atoms with van der Waals surface area (Å²) in [5.74, 6) is 2.42. The van der Waals surface area contributed by atoms with Crippen LogP contribution in [0, 0.1) is 0 Å². The van der Waals surface area contributed by atoms with E-state index in [0.29, 0.717) is 5.11 Å². The number of aryl methyl sites for hydroxylation is 1. The maximum Gasteiger partial charge on any atom is 0.231 e. The number of nitrogens with one attached hydrogen (secondary N) is 2. The summed E-state index contributed by atoms with van der Waals surface area (Å²) < 4.78 is 16.0. The van der Waals surface area contributed by atoms with Crippen molar-refractivity contribution in [2.75, 3.05) is 25.8 Å². The molecule has 3 rings (SSSR count). The van der Waals surface area contributed by atoms with Gasteiger partial charge in [-0.25, -0.2) is 0 Å². The minimum Gasteiger partial charge on any atom is -0.496 e. The highest BCUT2D eigenvalue weighted by Gasteiger charge is 2.13. The van der Waals surface area contributed by atoms with E-state index in [1.54, 1.807) is 7.11 Å². The molecule has 24 heavy (non-hydrogen) atoms. The maximum absolute atomic E-state index is 5.36. The molecule has 0 saturated heterocycles. The van der Waals surface area contributed by atoms with Gasteiger partial charge in [-0.05, 0) is 48.8 Å². The van der Waals surface area contributed by atoms with E-state index < -0.39 is 0 Å². The number of rotatable bonds is 6. The van der Waals surface area contributed by atoms with Gasteiger partial charge in [0.25, 0.3) is 0 Å². The van der Waals surface area contributed by atoms with E-state index in [1.165, 1.54) is 5.56 Å². The van der Waals surface area contributed by atoms with Crippen molar-refractivity contribution in [3.05, 3.63) is 48.0 Å². The van der Waals surface area contributed by atoms with Crippen LogP contribution in [0.4, 0.5) is 5.69 Å². The van der Waals surface area contributed by atoms with Crippen LogP contribution in [0.5, 0.6) is 17.2 Å². The van der Waals surface area contributed by atoms with Gasteiger partial charge in [0.1, 0.15) is 5.75 Å². The fourth-order valence-corrected chi connectivity index (χ4v) is 2.76. The minimum atomic E-state index is 0.268. The van der Waals surface area contributed by atoms with Crippen molar-refractivity contribution in [3.63, 3.8) is 0 Å². The van der Waals surface area contributed by atoms with Gasteiger partial charge in [0.05, 0.1) is 7.11 Å². The van der Waals surface area contributed by atoms with Crippen LogP contribution in [0.3, 0.4) is 0 Å². The molecule has 1 heterocycles. The Morgan fingerprint density at radius 2 is 2.00 bits per heavy atom. The predicted molar refractivity (Wildman–Crippen MR) is 98.1 cm³/mol. The third kappa shape index (κ3) is 4.08. The first-order chi connectivity index (χ1) is 11.8. The summed E-state index contributed by atoms with van der Waals surface area (Å²) in [6.07, 6.45) is 1.90. The van der Waals surface area contributed by atoms with Crippen LogP contribution >= 0.6 is 12.2 Å². The van der Waals surface area contributed by atoms with E-state index in [-0.39, 0.29) is 6.79 Å². The highest BCUT2D eigenvalue weighted by molar-refractivity contribution is 7.80. The molecule has 6 heteroatoms. The fraction of sp³-hybridized carbons (Fsp3) is 0.278. The number of methoxy groups -OCH3 is 1. The molecule has 1 aliphatic rings. The smallest absolute Gasteiger partial charge is 0.231 e. The molecule has 0 saturated carbocycles. The molecule has 1 aliphatic heterocycles. The number of fused-ring (bicyclic) bond motifs is 1. The number of benzene rings is 2. The maximum atomic E-state index is 5.36. The largest absolute Gasteiger partial charge is 0.496 e. The fourth-order valence-electron chi connectivity index (χ4n) is 2.54. The lowest BCUT2D eigenvalue weighted by atomic mass is 10.1. The van der Waals surface area contributed by atoms with Gasteiger partial charge in [-0.2, -0.15) is 0 Å². The van der Waals surface area contributed by atoms with Crippen LogP contribution in [-0.2, 0) is 6.42 Å². The highest BCUT2D eigenvalue weighted by Crippen LogP contribution is 2.34. The molecule has 0 aliphatic carbocycles. The van der Waals surface area contributed by atoms with E-state index in [2.05, 4.69) is 16.7 Å². The van der Waals surface area contributed by atoms with Crippen molar-refractivity contribution in [1.82, 2.24) is 5.32 Å². The van der Waals surface area contributed by atoms with Crippen LogP contribution in [-0.4, -0.2) is 25.6 Å². The van der Waals surface area contributed by atoms with Gasteiger partial charge in [0, 0.05) is 18.3 Å². The molecule has 0 radical (unpaired) electrons. The van der Waals surface area contributed by atoms with Crippen molar-refractivity contribution in [2.45, 2.75) is 12.8 Å².